The summed E-state index contributed by atoms with van der Waals surface area (Å²) in [6.07, 6.45) is 1.09. The molecule has 1 rings (SSSR count). The quantitative estimate of drug-likeness (QED) is 0.675. The van der Waals surface area contributed by atoms with Gasteiger partial charge in [-0.25, -0.2) is 0 Å². The molecule has 2 N–H and O–H groups in total. The second-order valence-corrected chi connectivity index (χ2v) is 4.97. The zero-order valence-electron chi connectivity index (χ0n) is 12.1. The van der Waals surface area contributed by atoms with Crippen molar-refractivity contribution in [1.29, 1.82) is 0 Å². The fraction of sp³-hybridized carbons (Fsp3) is 0.600. The number of hydrogen-bond acceptors (Lipinski definition) is 4. The first-order valence-electron chi connectivity index (χ1n) is 6.77. The van der Waals surface area contributed by atoms with Gasteiger partial charge in [0.1, 0.15) is 11.5 Å². The number of methoxy groups -OCH3 is 1. The normalized spacial score (nSPS) is 10.9. The minimum Gasteiger partial charge on any atom is -0.508 e. The molecule has 0 unspecified atom stereocenters. The summed E-state index contributed by atoms with van der Waals surface area (Å²) in [4.78, 5) is 0. The summed E-state index contributed by atoms with van der Waals surface area (Å²) in [5.74, 6) is 1.72. The Kier molecular flexibility index (Phi) is 7.30. The molecule has 4 nitrogen and oxygen atoms in total. The van der Waals surface area contributed by atoms with Crippen molar-refractivity contribution in [3.05, 3.63) is 23.8 Å². The molecule has 0 spiro atoms. The molecule has 1 aromatic rings. The molecule has 0 atom stereocenters. The Bertz CT molecular complexity index is 366. The van der Waals surface area contributed by atoms with Gasteiger partial charge in [0.2, 0.25) is 0 Å². The second-order valence-electron chi connectivity index (χ2n) is 4.97. The third-order valence-corrected chi connectivity index (χ3v) is 2.86. The minimum absolute atomic E-state index is 0.286. The van der Waals surface area contributed by atoms with Crippen LogP contribution >= 0.6 is 0 Å². The van der Waals surface area contributed by atoms with Crippen LogP contribution in [0, 0.1) is 5.92 Å². The molecule has 0 amide bonds. The fourth-order valence-corrected chi connectivity index (χ4v) is 1.62. The van der Waals surface area contributed by atoms with Crippen LogP contribution in [0.2, 0.25) is 0 Å². The van der Waals surface area contributed by atoms with E-state index in [9.17, 15) is 5.11 Å². The molecule has 0 bridgehead atoms. The molecule has 0 aromatic heterocycles. The van der Waals surface area contributed by atoms with E-state index in [2.05, 4.69) is 19.2 Å². The zero-order valence-corrected chi connectivity index (χ0v) is 12.1. The van der Waals surface area contributed by atoms with Crippen LogP contribution < -0.4 is 10.1 Å². The van der Waals surface area contributed by atoms with Gasteiger partial charge in [-0.05, 0) is 30.5 Å². The van der Waals surface area contributed by atoms with E-state index in [0.717, 1.165) is 30.9 Å². The van der Waals surface area contributed by atoms with Crippen LogP contribution in [-0.2, 0) is 11.3 Å². The topological polar surface area (TPSA) is 50.7 Å². The molecule has 0 fully saturated rings. The number of hydrogen-bond donors (Lipinski definition) is 2. The summed E-state index contributed by atoms with van der Waals surface area (Å²) in [6.45, 7) is 7.26. The highest BCUT2D eigenvalue weighted by Crippen LogP contribution is 2.22. The van der Waals surface area contributed by atoms with E-state index in [4.69, 9.17) is 9.47 Å². The molecule has 1 aromatic carbocycles. The molecule has 0 radical (unpaired) electrons. The molecule has 0 saturated carbocycles. The van der Waals surface area contributed by atoms with Crippen molar-refractivity contribution in [2.45, 2.75) is 26.8 Å². The summed E-state index contributed by atoms with van der Waals surface area (Å²) in [6, 6.07) is 5.23. The highest BCUT2D eigenvalue weighted by molar-refractivity contribution is 5.39. The van der Waals surface area contributed by atoms with Gasteiger partial charge in [-0.2, -0.15) is 0 Å². The van der Waals surface area contributed by atoms with Crippen molar-refractivity contribution in [2.75, 3.05) is 26.9 Å². The van der Waals surface area contributed by atoms with Crippen LogP contribution in [0.1, 0.15) is 25.8 Å². The minimum atomic E-state index is 0.286. The lowest BCUT2D eigenvalue weighted by Gasteiger charge is -2.09. The summed E-state index contributed by atoms with van der Waals surface area (Å²) >= 11 is 0. The first-order chi connectivity index (χ1) is 9.13. The van der Waals surface area contributed by atoms with Gasteiger partial charge in [-0.3, -0.25) is 0 Å². The van der Waals surface area contributed by atoms with Crippen LogP contribution in [0.3, 0.4) is 0 Å². The molecule has 108 valence electrons. The largest absolute Gasteiger partial charge is 0.508 e. The number of aromatic hydroxyl groups is 1. The lowest BCUT2D eigenvalue weighted by molar-refractivity contribution is 0.125. The van der Waals surface area contributed by atoms with Gasteiger partial charge in [-0.15, -0.1) is 0 Å². The van der Waals surface area contributed by atoms with Crippen molar-refractivity contribution >= 4 is 0 Å². The Labute approximate surface area is 115 Å². The average molecular weight is 267 g/mol. The maximum atomic E-state index is 9.71. The van der Waals surface area contributed by atoms with Crippen molar-refractivity contribution in [3.63, 3.8) is 0 Å². The molecule has 19 heavy (non-hydrogen) atoms. The fourth-order valence-electron chi connectivity index (χ4n) is 1.62. The van der Waals surface area contributed by atoms with Crippen LogP contribution in [0.25, 0.3) is 0 Å². The van der Waals surface area contributed by atoms with Crippen LogP contribution in [0.4, 0.5) is 0 Å². The summed E-state index contributed by atoms with van der Waals surface area (Å²) in [5, 5.41) is 12.9. The van der Waals surface area contributed by atoms with Gasteiger partial charge in [0, 0.05) is 25.3 Å². The third kappa shape index (κ3) is 6.45. The Balaban J connectivity index is 2.18. The van der Waals surface area contributed by atoms with Crippen LogP contribution in [0.5, 0.6) is 11.5 Å². The number of phenolic OH excluding ortho intramolecular Hbond substituents is 1. The van der Waals surface area contributed by atoms with Crippen LogP contribution in [0.15, 0.2) is 18.2 Å². The lowest BCUT2D eigenvalue weighted by atomic mass is 10.1. The van der Waals surface area contributed by atoms with Crippen molar-refractivity contribution in [1.82, 2.24) is 5.32 Å². The monoisotopic (exact) mass is 267 g/mol. The van der Waals surface area contributed by atoms with Gasteiger partial charge < -0.3 is 19.9 Å². The van der Waals surface area contributed by atoms with Gasteiger partial charge in [0.05, 0.1) is 13.7 Å². The van der Waals surface area contributed by atoms with E-state index >= 15 is 0 Å². The van der Waals surface area contributed by atoms with Crippen molar-refractivity contribution in [2.24, 2.45) is 5.92 Å². The summed E-state index contributed by atoms with van der Waals surface area (Å²) in [7, 11) is 1.62. The first kappa shape index (κ1) is 15.8. The number of nitrogens with one attached hydrogen (secondary N) is 1. The second kappa shape index (κ2) is 8.77. The molecular formula is C15H25NO3. The van der Waals surface area contributed by atoms with E-state index < -0.39 is 0 Å². The predicted octanol–water partition coefficient (Wildman–Crippen LogP) is 2.55. The van der Waals surface area contributed by atoms with Gasteiger partial charge in [0.25, 0.3) is 0 Å². The molecular weight excluding hydrogens is 242 g/mol. The maximum Gasteiger partial charge on any atom is 0.120 e. The zero-order chi connectivity index (χ0) is 14.1. The number of benzene rings is 1. The molecule has 0 aliphatic carbocycles. The Hall–Kier alpha value is -1.26. The Morgan fingerprint density at radius 3 is 2.74 bits per heavy atom. The van der Waals surface area contributed by atoms with E-state index in [0.29, 0.717) is 19.1 Å². The van der Waals surface area contributed by atoms with Crippen molar-refractivity contribution < 1.29 is 14.6 Å². The van der Waals surface area contributed by atoms with Gasteiger partial charge >= 0.3 is 0 Å². The lowest BCUT2D eigenvalue weighted by Crippen LogP contribution is -2.19. The predicted molar refractivity (Wildman–Crippen MR) is 76.6 cm³/mol. The Morgan fingerprint density at radius 1 is 1.26 bits per heavy atom. The average Bonchev–Trinajstić information content (AvgIpc) is 2.39. The van der Waals surface area contributed by atoms with Gasteiger partial charge in [-0.1, -0.05) is 13.8 Å². The number of rotatable bonds is 9. The first-order valence-corrected chi connectivity index (χ1v) is 6.77. The standard InChI is InChI=1S/C15H25NO3/c1-12(2)6-8-19-9-7-16-11-13-10-14(18-3)4-5-15(13)17/h4-5,10,12,16-17H,6-9,11H2,1-3H3. The van der Waals surface area contributed by atoms with Gasteiger partial charge in [0.15, 0.2) is 0 Å². The third-order valence-electron chi connectivity index (χ3n) is 2.86. The van der Waals surface area contributed by atoms with E-state index in [-0.39, 0.29) is 5.75 Å². The number of ether oxygens (including phenoxy) is 2. The highest BCUT2D eigenvalue weighted by atomic mass is 16.5. The van der Waals surface area contributed by atoms with Crippen molar-refractivity contribution in [3.8, 4) is 11.5 Å². The molecule has 4 heteroatoms. The molecule has 0 aliphatic heterocycles. The molecule has 0 aliphatic rings. The highest BCUT2D eigenvalue weighted by Gasteiger charge is 2.02. The SMILES string of the molecule is COc1ccc(O)c(CNCCOCCC(C)C)c1. The number of phenols is 1. The van der Waals surface area contributed by atoms with Crippen LogP contribution in [-0.4, -0.2) is 32.0 Å². The summed E-state index contributed by atoms with van der Waals surface area (Å²) in [5.41, 5.74) is 0.835. The molecule has 0 heterocycles. The van der Waals surface area contributed by atoms with E-state index in [1.54, 1.807) is 19.2 Å². The molecule has 0 saturated heterocycles. The summed E-state index contributed by atoms with van der Waals surface area (Å²) < 4.78 is 10.6. The Morgan fingerprint density at radius 2 is 2.05 bits per heavy atom. The smallest absolute Gasteiger partial charge is 0.120 e. The maximum absolute atomic E-state index is 9.71. The van der Waals surface area contributed by atoms with E-state index in [1.165, 1.54) is 0 Å². The van der Waals surface area contributed by atoms with E-state index in [1.807, 2.05) is 6.07 Å².